The van der Waals surface area contributed by atoms with Crippen LogP contribution in [0.3, 0.4) is 0 Å². The van der Waals surface area contributed by atoms with Crippen LogP contribution in [0.2, 0.25) is 0 Å². The van der Waals surface area contributed by atoms with E-state index >= 15 is 0 Å². The molecule has 0 heterocycles. The summed E-state index contributed by atoms with van der Waals surface area (Å²) < 4.78 is 0. The second-order valence-corrected chi connectivity index (χ2v) is 5.78. The lowest BCUT2D eigenvalue weighted by Gasteiger charge is -2.13. The van der Waals surface area contributed by atoms with Gasteiger partial charge in [-0.2, -0.15) is 0 Å². The fraction of sp³-hybridized carbons (Fsp3) is 0.647. The van der Waals surface area contributed by atoms with E-state index in [0.717, 1.165) is 12.0 Å². The van der Waals surface area contributed by atoms with E-state index in [4.69, 9.17) is 0 Å². The van der Waals surface area contributed by atoms with Gasteiger partial charge in [0.2, 0.25) is 0 Å². The molecular weight excluding hydrogens is 218 g/mol. The highest BCUT2D eigenvalue weighted by Crippen LogP contribution is 2.40. The van der Waals surface area contributed by atoms with Gasteiger partial charge < -0.3 is 5.32 Å². The van der Waals surface area contributed by atoms with E-state index in [0.29, 0.717) is 6.04 Å². The molecule has 1 aromatic carbocycles. The van der Waals surface area contributed by atoms with Gasteiger partial charge in [0.05, 0.1) is 0 Å². The van der Waals surface area contributed by atoms with E-state index in [-0.39, 0.29) is 0 Å². The molecule has 1 aliphatic carbocycles. The second kappa shape index (κ2) is 6.94. The minimum absolute atomic E-state index is 0.681. The van der Waals surface area contributed by atoms with Crippen molar-refractivity contribution >= 4 is 0 Å². The van der Waals surface area contributed by atoms with Gasteiger partial charge in [0, 0.05) is 18.0 Å². The average molecular weight is 245 g/mol. The summed E-state index contributed by atoms with van der Waals surface area (Å²) >= 11 is 0. The summed E-state index contributed by atoms with van der Waals surface area (Å²) in [5.74, 6) is 0.768. The summed E-state index contributed by atoms with van der Waals surface area (Å²) in [4.78, 5) is 0. The maximum Gasteiger partial charge on any atom is 0.0145 e. The lowest BCUT2D eigenvalue weighted by atomic mass is 10.1. The fourth-order valence-corrected chi connectivity index (χ4v) is 2.77. The van der Waals surface area contributed by atoms with Crippen LogP contribution in [0.1, 0.15) is 63.9 Å². The van der Waals surface area contributed by atoms with E-state index in [2.05, 4.69) is 49.5 Å². The molecule has 1 heteroatoms. The standard InChI is InChI=1S/C17H27N/c1-3-4-5-7-10-14(2)18-17-13-16(17)15-11-8-6-9-12-15/h6,8-9,11-12,14,16-18H,3-5,7,10,13H2,1-2H3. The van der Waals surface area contributed by atoms with E-state index in [1.54, 1.807) is 0 Å². The zero-order valence-electron chi connectivity index (χ0n) is 11.9. The molecule has 1 aliphatic rings. The summed E-state index contributed by atoms with van der Waals surface area (Å²) in [6.07, 6.45) is 8.16. The predicted molar refractivity (Wildman–Crippen MR) is 78.9 cm³/mol. The first-order valence-corrected chi connectivity index (χ1v) is 7.62. The van der Waals surface area contributed by atoms with E-state index in [9.17, 15) is 0 Å². The zero-order valence-corrected chi connectivity index (χ0v) is 11.9. The zero-order chi connectivity index (χ0) is 12.8. The van der Waals surface area contributed by atoms with Gasteiger partial charge in [-0.05, 0) is 25.3 Å². The quantitative estimate of drug-likeness (QED) is 0.665. The van der Waals surface area contributed by atoms with Crippen LogP contribution in [0.5, 0.6) is 0 Å². The number of hydrogen-bond donors (Lipinski definition) is 1. The van der Waals surface area contributed by atoms with Crippen LogP contribution in [0, 0.1) is 0 Å². The van der Waals surface area contributed by atoms with Crippen molar-refractivity contribution in [3.05, 3.63) is 35.9 Å². The molecule has 0 radical (unpaired) electrons. The van der Waals surface area contributed by atoms with Crippen molar-refractivity contribution in [1.29, 1.82) is 0 Å². The van der Waals surface area contributed by atoms with Crippen LogP contribution >= 0.6 is 0 Å². The molecule has 0 aliphatic heterocycles. The predicted octanol–water partition coefficient (Wildman–Crippen LogP) is 4.49. The first-order valence-electron chi connectivity index (χ1n) is 7.62. The number of nitrogens with one attached hydrogen (secondary N) is 1. The lowest BCUT2D eigenvalue weighted by molar-refractivity contribution is 0.477. The van der Waals surface area contributed by atoms with Crippen LogP contribution in [0.25, 0.3) is 0 Å². The monoisotopic (exact) mass is 245 g/mol. The van der Waals surface area contributed by atoms with Gasteiger partial charge in [-0.25, -0.2) is 0 Å². The van der Waals surface area contributed by atoms with Gasteiger partial charge in [0.25, 0.3) is 0 Å². The van der Waals surface area contributed by atoms with Crippen molar-refractivity contribution < 1.29 is 0 Å². The third kappa shape index (κ3) is 4.13. The number of rotatable bonds is 8. The maximum atomic E-state index is 3.78. The van der Waals surface area contributed by atoms with Gasteiger partial charge >= 0.3 is 0 Å². The Labute approximate surface area is 112 Å². The van der Waals surface area contributed by atoms with Gasteiger partial charge in [-0.15, -0.1) is 0 Å². The fourth-order valence-electron chi connectivity index (χ4n) is 2.77. The summed E-state index contributed by atoms with van der Waals surface area (Å²) in [5.41, 5.74) is 1.51. The summed E-state index contributed by atoms with van der Waals surface area (Å²) in [7, 11) is 0. The molecule has 0 saturated heterocycles. The highest BCUT2D eigenvalue weighted by atomic mass is 15.0. The number of benzene rings is 1. The van der Waals surface area contributed by atoms with Crippen molar-refractivity contribution in [3.63, 3.8) is 0 Å². The van der Waals surface area contributed by atoms with Crippen molar-refractivity contribution in [2.75, 3.05) is 0 Å². The Morgan fingerprint density at radius 2 is 1.94 bits per heavy atom. The summed E-state index contributed by atoms with van der Waals surface area (Å²) in [6.45, 7) is 4.61. The van der Waals surface area contributed by atoms with Crippen molar-refractivity contribution in [2.24, 2.45) is 0 Å². The van der Waals surface area contributed by atoms with Crippen LogP contribution in [-0.4, -0.2) is 12.1 Å². The Bertz CT molecular complexity index is 333. The van der Waals surface area contributed by atoms with E-state index in [1.807, 2.05) is 0 Å². The molecule has 0 spiro atoms. The molecule has 1 nitrogen and oxygen atoms in total. The normalized spacial score (nSPS) is 23.9. The summed E-state index contributed by atoms with van der Waals surface area (Å²) in [6, 6.07) is 12.3. The molecule has 100 valence electrons. The molecule has 0 bridgehead atoms. The minimum atomic E-state index is 0.681. The molecule has 1 aromatic rings. The summed E-state index contributed by atoms with van der Waals surface area (Å²) in [5, 5.41) is 3.78. The van der Waals surface area contributed by atoms with Crippen molar-refractivity contribution in [1.82, 2.24) is 5.32 Å². The van der Waals surface area contributed by atoms with Crippen LogP contribution in [0.15, 0.2) is 30.3 Å². The highest BCUT2D eigenvalue weighted by Gasteiger charge is 2.38. The third-order valence-corrected chi connectivity index (χ3v) is 4.01. The van der Waals surface area contributed by atoms with Crippen LogP contribution in [-0.2, 0) is 0 Å². The second-order valence-electron chi connectivity index (χ2n) is 5.78. The molecular formula is C17H27N. The number of hydrogen-bond acceptors (Lipinski definition) is 1. The number of unbranched alkanes of at least 4 members (excludes halogenated alkanes) is 3. The molecule has 2 rings (SSSR count). The van der Waals surface area contributed by atoms with Crippen LogP contribution < -0.4 is 5.32 Å². The Morgan fingerprint density at radius 3 is 2.67 bits per heavy atom. The Morgan fingerprint density at radius 1 is 1.17 bits per heavy atom. The van der Waals surface area contributed by atoms with E-state index < -0.39 is 0 Å². The molecule has 1 N–H and O–H groups in total. The largest absolute Gasteiger partial charge is 0.311 e. The van der Waals surface area contributed by atoms with Gasteiger partial charge in [-0.1, -0.05) is 62.9 Å². The van der Waals surface area contributed by atoms with Crippen LogP contribution in [0.4, 0.5) is 0 Å². The SMILES string of the molecule is CCCCCCC(C)NC1CC1c1ccccc1. The molecule has 1 fully saturated rings. The average Bonchev–Trinajstić information content (AvgIpc) is 3.15. The molecule has 1 saturated carbocycles. The first kappa shape index (κ1) is 13.6. The molecule has 3 atom stereocenters. The molecule has 0 amide bonds. The Balaban J connectivity index is 1.64. The Hall–Kier alpha value is -0.820. The molecule has 3 unspecified atom stereocenters. The van der Waals surface area contributed by atoms with Crippen molar-refractivity contribution in [3.8, 4) is 0 Å². The minimum Gasteiger partial charge on any atom is -0.311 e. The van der Waals surface area contributed by atoms with E-state index in [1.165, 1.54) is 44.1 Å². The molecule has 18 heavy (non-hydrogen) atoms. The van der Waals surface area contributed by atoms with Gasteiger partial charge in [0.15, 0.2) is 0 Å². The topological polar surface area (TPSA) is 12.0 Å². The van der Waals surface area contributed by atoms with Crippen molar-refractivity contribution in [2.45, 2.75) is 70.4 Å². The highest BCUT2D eigenvalue weighted by molar-refractivity contribution is 5.27. The van der Waals surface area contributed by atoms with Gasteiger partial charge in [-0.3, -0.25) is 0 Å². The lowest BCUT2D eigenvalue weighted by Crippen LogP contribution is -2.28. The third-order valence-electron chi connectivity index (χ3n) is 4.01. The molecule has 0 aromatic heterocycles. The first-order chi connectivity index (χ1) is 8.81. The van der Waals surface area contributed by atoms with Gasteiger partial charge in [0.1, 0.15) is 0 Å². The Kier molecular flexibility index (Phi) is 5.25. The smallest absolute Gasteiger partial charge is 0.0145 e. The maximum absolute atomic E-state index is 3.78.